The fraction of sp³-hybridized carbons (Fsp3) is 0.867. The standard InChI is InChI=1S/C15H30/c1-6-8-9-14(4)12-15(5)11-10-13(3)7-2/h10,14-15H,6-9,11-12H2,1-5H3. The van der Waals surface area contributed by atoms with Crippen LogP contribution >= 0.6 is 0 Å². The molecule has 0 aliphatic heterocycles. The number of hydrogen-bond acceptors (Lipinski definition) is 0. The van der Waals surface area contributed by atoms with Gasteiger partial charge in [0.05, 0.1) is 0 Å². The van der Waals surface area contributed by atoms with E-state index in [1.807, 2.05) is 0 Å². The molecule has 2 atom stereocenters. The highest BCUT2D eigenvalue weighted by molar-refractivity contribution is 4.97. The molecule has 0 saturated carbocycles. The van der Waals surface area contributed by atoms with Gasteiger partial charge >= 0.3 is 0 Å². The topological polar surface area (TPSA) is 0 Å². The van der Waals surface area contributed by atoms with Gasteiger partial charge in [0.15, 0.2) is 0 Å². The van der Waals surface area contributed by atoms with Crippen molar-refractivity contribution in [1.29, 1.82) is 0 Å². The molecule has 90 valence electrons. The third kappa shape index (κ3) is 8.72. The number of rotatable bonds is 8. The highest BCUT2D eigenvalue weighted by atomic mass is 14.1. The predicted molar refractivity (Wildman–Crippen MR) is 71.1 cm³/mol. The predicted octanol–water partition coefficient (Wildman–Crippen LogP) is 5.59. The van der Waals surface area contributed by atoms with Crippen LogP contribution in [0.3, 0.4) is 0 Å². The maximum Gasteiger partial charge on any atom is -0.0322 e. The van der Waals surface area contributed by atoms with Crippen LogP contribution in [0.25, 0.3) is 0 Å². The van der Waals surface area contributed by atoms with E-state index in [4.69, 9.17) is 0 Å². The summed E-state index contributed by atoms with van der Waals surface area (Å²) < 4.78 is 0. The van der Waals surface area contributed by atoms with Crippen LogP contribution < -0.4 is 0 Å². The average Bonchev–Trinajstić information content (AvgIpc) is 2.22. The summed E-state index contributed by atoms with van der Waals surface area (Å²) in [7, 11) is 0. The molecule has 0 aliphatic carbocycles. The van der Waals surface area contributed by atoms with Gasteiger partial charge in [-0.15, -0.1) is 0 Å². The Kier molecular flexibility index (Phi) is 8.85. The molecule has 0 heteroatoms. The second-order valence-electron chi connectivity index (χ2n) is 5.23. The van der Waals surface area contributed by atoms with Gasteiger partial charge in [-0.25, -0.2) is 0 Å². The van der Waals surface area contributed by atoms with Crippen LogP contribution in [0.2, 0.25) is 0 Å². The van der Waals surface area contributed by atoms with Gasteiger partial charge in [-0.2, -0.15) is 0 Å². The van der Waals surface area contributed by atoms with Crippen LogP contribution in [0.4, 0.5) is 0 Å². The first kappa shape index (κ1) is 14.7. The van der Waals surface area contributed by atoms with Gasteiger partial charge in [-0.3, -0.25) is 0 Å². The Morgan fingerprint density at radius 3 is 2.33 bits per heavy atom. The van der Waals surface area contributed by atoms with Gasteiger partial charge in [-0.05, 0) is 38.0 Å². The van der Waals surface area contributed by atoms with Crippen LogP contribution in [-0.2, 0) is 0 Å². The Morgan fingerprint density at radius 1 is 1.13 bits per heavy atom. The van der Waals surface area contributed by atoms with Crippen LogP contribution in [0.5, 0.6) is 0 Å². The maximum absolute atomic E-state index is 2.43. The molecule has 0 amide bonds. The summed E-state index contributed by atoms with van der Waals surface area (Å²) >= 11 is 0. The summed E-state index contributed by atoms with van der Waals surface area (Å²) in [6.45, 7) is 11.6. The lowest BCUT2D eigenvalue weighted by Crippen LogP contribution is -2.02. The fourth-order valence-corrected chi connectivity index (χ4v) is 2.00. The fourth-order valence-electron chi connectivity index (χ4n) is 2.00. The molecular weight excluding hydrogens is 180 g/mol. The molecule has 0 aromatic carbocycles. The van der Waals surface area contributed by atoms with Crippen LogP contribution in [-0.4, -0.2) is 0 Å². The van der Waals surface area contributed by atoms with Crippen molar-refractivity contribution in [2.24, 2.45) is 11.8 Å². The highest BCUT2D eigenvalue weighted by Gasteiger charge is 2.07. The van der Waals surface area contributed by atoms with Crippen molar-refractivity contribution in [2.75, 3.05) is 0 Å². The molecule has 0 saturated heterocycles. The lowest BCUT2D eigenvalue weighted by molar-refractivity contribution is 0.387. The minimum absolute atomic E-state index is 0.860. The first-order chi connectivity index (χ1) is 7.10. The summed E-state index contributed by atoms with van der Waals surface area (Å²) in [4.78, 5) is 0. The monoisotopic (exact) mass is 210 g/mol. The van der Waals surface area contributed by atoms with E-state index in [-0.39, 0.29) is 0 Å². The summed E-state index contributed by atoms with van der Waals surface area (Å²) in [6, 6.07) is 0. The molecule has 0 rings (SSSR count). The van der Waals surface area contributed by atoms with Gasteiger partial charge in [0, 0.05) is 0 Å². The third-order valence-corrected chi connectivity index (χ3v) is 3.28. The number of allylic oxidation sites excluding steroid dienone is 2. The summed E-state index contributed by atoms with van der Waals surface area (Å²) in [5.74, 6) is 1.77. The second-order valence-corrected chi connectivity index (χ2v) is 5.23. The summed E-state index contributed by atoms with van der Waals surface area (Å²) in [5.41, 5.74) is 1.54. The minimum atomic E-state index is 0.860. The smallest absolute Gasteiger partial charge is 0.0322 e. The molecular formula is C15H30. The Bertz CT molecular complexity index is 167. The molecule has 0 spiro atoms. The van der Waals surface area contributed by atoms with Crippen LogP contribution in [0.15, 0.2) is 11.6 Å². The maximum atomic E-state index is 2.43. The summed E-state index contributed by atoms with van der Waals surface area (Å²) in [6.07, 6.45) is 10.5. The van der Waals surface area contributed by atoms with E-state index >= 15 is 0 Å². The molecule has 0 nitrogen and oxygen atoms in total. The molecule has 0 bridgehead atoms. The quantitative estimate of drug-likeness (QED) is 0.458. The third-order valence-electron chi connectivity index (χ3n) is 3.28. The molecule has 2 unspecified atom stereocenters. The lowest BCUT2D eigenvalue weighted by Gasteiger charge is -2.15. The molecule has 0 aromatic rings. The average molecular weight is 210 g/mol. The van der Waals surface area contributed by atoms with E-state index < -0.39 is 0 Å². The minimum Gasteiger partial charge on any atom is -0.0854 e. The molecule has 0 N–H and O–H groups in total. The molecule has 0 heterocycles. The normalized spacial score (nSPS) is 16.5. The van der Waals surface area contributed by atoms with E-state index in [1.165, 1.54) is 38.5 Å². The largest absolute Gasteiger partial charge is 0.0854 e. The van der Waals surface area contributed by atoms with Crippen molar-refractivity contribution in [1.82, 2.24) is 0 Å². The summed E-state index contributed by atoms with van der Waals surface area (Å²) in [5, 5.41) is 0. The molecule has 0 aromatic heterocycles. The van der Waals surface area contributed by atoms with Gasteiger partial charge in [-0.1, -0.05) is 58.6 Å². The van der Waals surface area contributed by atoms with Gasteiger partial charge in [0.1, 0.15) is 0 Å². The first-order valence-electron chi connectivity index (χ1n) is 6.75. The van der Waals surface area contributed by atoms with E-state index in [0.717, 1.165) is 11.8 Å². The van der Waals surface area contributed by atoms with Crippen molar-refractivity contribution in [3.8, 4) is 0 Å². The van der Waals surface area contributed by atoms with Crippen molar-refractivity contribution < 1.29 is 0 Å². The second kappa shape index (κ2) is 9.00. The van der Waals surface area contributed by atoms with Gasteiger partial charge < -0.3 is 0 Å². The van der Waals surface area contributed by atoms with Gasteiger partial charge in [0.25, 0.3) is 0 Å². The molecule has 0 fully saturated rings. The lowest BCUT2D eigenvalue weighted by atomic mass is 9.90. The zero-order chi connectivity index (χ0) is 11.7. The van der Waals surface area contributed by atoms with E-state index in [2.05, 4.69) is 40.7 Å². The zero-order valence-corrected chi connectivity index (χ0v) is 11.5. The van der Waals surface area contributed by atoms with Crippen LogP contribution in [0, 0.1) is 11.8 Å². The van der Waals surface area contributed by atoms with Gasteiger partial charge in [0.2, 0.25) is 0 Å². The Morgan fingerprint density at radius 2 is 1.80 bits per heavy atom. The zero-order valence-electron chi connectivity index (χ0n) is 11.5. The van der Waals surface area contributed by atoms with E-state index in [9.17, 15) is 0 Å². The van der Waals surface area contributed by atoms with Crippen molar-refractivity contribution in [3.63, 3.8) is 0 Å². The molecule has 15 heavy (non-hydrogen) atoms. The molecule has 0 aliphatic rings. The van der Waals surface area contributed by atoms with Crippen molar-refractivity contribution in [3.05, 3.63) is 11.6 Å². The highest BCUT2D eigenvalue weighted by Crippen LogP contribution is 2.20. The van der Waals surface area contributed by atoms with Crippen LogP contribution in [0.1, 0.15) is 73.1 Å². The Balaban J connectivity index is 3.68. The number of hydrogen-bond donors (Lipinski definition) is 0. The van der Waals surface area contributed by atoms with E-state index in [1.54, 1.807) is 5.57 Å². The van der Waals surface area contributed by atoms with Crippen molar-refractivity contribution >= 4 is 0 Å². The van der Waals surface area contributed by atoms with Crippen molar-refractivity contribution in [2.45, 2.75) is 73.1 Å². The SMILES string of the molecule is CCCCC(C)CC(C)CC=C(C)CC. The molecule has 0 radical (unpaired) electrons. The Hall–Kier alpha value is -0.260. The van der Waals surface area contributed by atoms with E-state index in [0.29, 0.717) is 0 Å². The first-order valence-corrected chi connectivity index (χ1v) is 6.75. The number of unbranched alkanes of at least 4 members (excludes halogenated alkanes) is 1. The Labute approximate surface area is 97.2 Å².